The minimum Gasteiger partial charge on any atom is -0.328 e. The van der Waals surface area contributed by atoms with Gasteiger partial charge in [-0.1, -0.05) is 11.6 Å². The predicted molar refractivity (Wildman–Crippen MR) is 47.2 cm³/mol. The van der Waals surface area contributed by atoms with E-state index in [1.165, 1.54) is 0 Å². The van der Waals surface area contributed by atoms with Gasteiger partial charge < -0.3 is 4.98 Å². The highest BCUT2D eigenvalue weighted by atomic mass is 35.5. The SMILES string of the molecule is O=C(Cl)c1c[nH]c(=O)c(C(F)F)c1Cl. The third kappa shape index (κ3) is 1.93. The fraction of sp³-hybridized carbons (Fsp3) is 0.143. The minimum atomic E-state index is -3.05. The highest BCUT2D eigenvalue weighted by Crippen LogP contribution is 2.26. The smallest absolute Gasteiger partial charge is 0.270 e. The van der Waals surface area contributed by atoms with Crippen molar-refractivity contribution in [1.29, 1.82) is 0 Å². The summed E-state index contributed by atoms with van der Waals surface area (Å²) in [4.78, 5) is 23.5. The lowest BCUT2D eigenvalue weighted by molar-refractivity contribution is 0.108. The second kappa shape index (κ2) is 4.06. The van der Waals surface area contributed by atoms with Crippen LogP contribution in [0.4, 0.5) is 8.78 Å². The standard InChI is InChI=1S/C7H3Cl2F2NO2/c8-4-2(5(9)13)1-12-7(14)3(4)6(10)11/h1,6H,(H,12,14). The van der Waals surface area contributed by atoms with Crippen molar-refractivity contribution in [1.82, 2.24) is 4.98 Å². The molecule has 0 bridgehead atoms. The Morgan fingerprint density at radius 3 is 2.50 bits per heavy atom. The van der Waals surface area contributed by atoms with Crippen LogP contribution in [-0.2, 0) is 0 Å². The molecular formula is C7H3Cl2F2NO2. The molecule has 0 amide bonds. The van der Waals surface area contributed by atoms with Crippen LogP contribution in [0.5, 0.6) is 0 Å². The molecule has 1 aromatic heterocycles. The van der Waals surface area contributed by atoms with E-state index in [-0.39, 0.29) is 5.56 Å². The molecule has 0 aliphatic heterocycles. The Kier molecular flexibility index (Phi) is 3.23. The van der Waals surface area contributed by atoms with E-state index in [1.54, 1.807) is 0 Å². The van der Waals surface area contributed by atoms with E-state index >= 15 is 0 Å². The van der Waals surface area contributed by atoms with Gasteiger partial charge in [-0.25, -0.2) is 8.78 Å². The van der Waals surface area contributed by atoms with Crippen molar-refractivity contribution in [2.45, 2.75) is 6.43 Å². The predicted octanol–water partition coefficient (Wildman–Crippen LogP) is 2.34. The Labute approximate surface area is 86.6 Å². The van der Waals surface area contributed by atoms with E-state index in [9.17, 15) is 18.4 Å². The summed E-state index contributed by atoms with van der Waals surface area (Å²) in [6.07, 6.45) is -2.16. The fourth-order valence-electron chi connectivity index (χ4n) is 0.862. The Bertz CT molecular complexity index is 430. The third-order valence-electron chi connectivity index (χ3n) is 1.50. The van der Waals surface area contributed by atoms with Gasteiger partial charge in [0.05, 0.1) is 10.6 Å². The van der Waals surface area contributed by atoms with Gasteiger partial charge in [-0.2, -0.15) is 0 Å². The van der Waals surface area contributed by atoms with Gasteiger partial charge in [0, 0.05) is 6.20 Å². The van der Waals surface area contributed by atoms with Gasteiger partial charge in [-0.3, -0.25) is 9.59 Å². The summed E-state index contributed by atoms with van der Waals surface area (Å²) < 4.78 is 24.5. The second-order valence-electron chi connectivity index (χ2n) is 2.33. The molecule has 0 saturated heterocycles. The van der Waals surface area contributed by atoms with Crippen molar-refractivity contribution in [3.05, 3.63) is 32.7 Å². The molecule has 0 aliphatic carbocycles. The number of carbonyl (C=O) groups excluding carboxylic acids is 1. The van der Waals surface area contributed by atoms with Crippen LogP contribution in [0.15, 0.2) is 11.0 Å². The van der Waals surface area contributed by atoms with E-state index in [4.69, 9.17) is 23.2 Å². The van der Waals surface area contributed by atoms with Crippen LogP contribution in [0.25, 0.3) is 0 Å². The van der Waals surface area contributed by atoms with Crippen molar-refractivity contribution in [2.24, 2.45) is 0 Å². The summed E-state index contributed by atoms with van der Waals surface area (Å²) in [5, 5.41) is -1.61. The third-order valence-corrected chi connectivity index (χ3v) is 2.11. The normalized spacial score (nSPS) is 10.6. The summed E-state index contributed by atoms with van der Waals surface area (Å²) in [5.41, 5.74) is -2.33. The number of H-pyrrole nitrogens is 1. The first-order valence-electron chi connectivity index (χ1n) is 3.34. The molecule has 76 valence electrons. The number of aromatic nitrogens is 1. The summed E-state index contributed by atoms with van der Waals surface area (Å²) >= 11 is 10.4. The molecule has 0 unspecified atom stereocenters. The Hall–Kier alpha value is -0.940. The first kappa shape index (κ1) is 11.1. The average Bonchev–Trinajstić information content (AvgIpc) is 2.02. The van der Waals surface area contributed by atoms with Crippen molar-refractivity contribution >= 4 is 28.4 Å². The monoisotopic (exact) mass is 241 g/mol. The average molecular weight is 242 g/mol. The number of pyridine rings is 1. The van der Waals surface area contributed by atoms with Crippen molar-refractivity contribution in [3.63, 3.8) is 0 Å². The van der Waals surface area contributed by atoms with Crippen LogP contribution >= 0.6 is 23.2 Å². The molecule has 7 heteroatoms. The Morgan fingerprint density at radius 1 is 1.50 bits per heavy atom. The van der Waals surface area contributed by atoms with Crippen LogP contribution in [-0.4, -0.2) is 10.2 Å². The van der Waals surface area contributed by atoms with E-state index in [0.29, 0.717) is 0 Å². The van der Waals surface area contributed by atoms with Crippen molar-refractivity contribution < 1.29 is 13.6 Å². The van der Waals surface area contributed by atoms with Crippen LogP contribution in [0.2, 0.25) is 5.02 Å². The molecule has 1 aromatic rings. The summed E-state index contributed by atoms with van der Waals surface area (Å²) in [6, 6.07) is 0. The van der Waals surface area contributed by atoms with Gasteiger partial charge in [-0.15, -0.1) is 0 Å². The maximum atomic E-state index is 12.3. The molecule has 0 radical (unpaired) electrons. The van der Waals surface area contributed by atoms with Gasteiger partial charge >= 0.3 is 0 Å². The topological polar surface area (TPSA) is 49.9 Å². The van der Waals surface area contributed by atoms with E-state index in [0.717, 1.165) is 6.20 Å². The highest BCUT2D eigenvalue weighted by Gasteiger charge is 2.21. The zero-order chi connectivity index (χ0) is 10.9. The molecular weight excluding hydrogens is 239 g/mol. The molecule has 1 heterocycles. The Morgan fingerprint density at radius 2 is 2.07 bits per heavy atom. The van der Waals surface area contributed by atoms with E-state index in [1.807, 2.05) is 4.98 Å². The Balaban J connectivity index is 3.49. The van der Waals surface area contributed by atoms with Crippen LogP contribution < -0.4 is 5.56 Å². The number of nitrogens with one attached hydrogen (secondary N) is 1. The van der Waals surface area contributed by atoms with Crippen LogP contribution in [0.3, 0.4) is 0 Å². The molecule has 0 atom stereocenters. The molecule has 0 saturated carbocycles. The van der Waals surface area contributed by atoms with E-state index in [2.05, 4.69) is 0 Å². The summed E-state index contributed by atoms with van der Waals surface area (Å²) in [7, 11) is 0. The molecule has 0 aliphatic rings. The maximum Gasteiger partial charge on any atom is 0.270 e. The number of hydrogen-bond donors (Lipinski definition) is 1. The lowest BCUT2D eigenvalue weighted by atomic mass is 10.2. The van der Waals surface area contributed by atoms with Gasteiger partial charge in [0.15, 0.2) is 0 Å². The summed E-state index contributed by atoms with van der Waals surface area (Å²) in [6.45, 7) is 0. The zero-order valence-electron chi connectivity index (χ0n) is 6.48. The van der Waals surface area contributed by atoms with Crippen LogP contribution in [0.1, 0.15) is 22.3 Å². The lowest BCUT2D eigenvalue weighted by Gasteiger charge is -2.03. The lowest BCUT2D eigenvalue weighted by Crippen LogP contribution is -2.15. The van der Waals surface area contributed by atoms with E-state index < -0.39 is 27.8 Å². The van der Waals surface area contributed by atoms with Gasteiger partial charge in [0.25, 0.3) is 17.2 Å². The van der Waals surface area contributed by atoms with Gasteiger partial charge in [-0.05, 0) is 11.6 Å². The fourth-order valence-corrected chi connectivity index (χ4v) is 1.37. The van der Waals surface area contributed by atoms with Crippen molar-refractivity contribution in [3.8, 4) is 0 Å². The minimum absolute atomic E-state index is 0.344. The molecule has 0 spiro atoms. The molecule has 3 nitrogen and oxygen atoms in total. The molecule has 1 N–H and O–H groups in total. The highest BCUT2D eigenvalue weighted by molar-refractivity contribution is 6.68. The van der Waals surface area contributed by atoms with Crippen molar-refractivity contribution in [2.75, 3.05) is 0 Å². The van der Waals surface area contributed by atoms with Gasteiger partial charge in [0.2, 0.25) is 0 Å². The maximum absolute atomic E-state index is 12.3. The number of alkyl halides is 2. The molecule has 0 aromatic carbocycles. The first-order valence-corrected chi connectivity index (χ1v) is 4.09. The first-order chi connectivity index (χ1) is 6.45. The molecule has 0 fully saturated rings. The molecule has 1 rings (SSSR count). The zero-order valence-corrected chi connectivity index (χ0v) is 7.99. The van der Waals surface area contributed by atoms with Gasteiger partial charge in [0.1, 0.15) is 5.56 Å². The number of aromatic amines is 1. The summed E-state index contributed by atoms with van der Waals surface area (Å²) in [5.74, 6) is 0. The van der Waals surface area contributed by atoms with Crippen LogP contribution in [0, 0.1) is 0 Å². The molecule has 14 heavy (non-hydrogen) atoms. The quantitative estimate of drug-likeness (QED) is 0.809. The number of hydrogen-bond acceptors (Lipinski definition) is 2. The second-order valence-corrected chi connectivity index (χ2v) is 3.05. The largest absolute Gasteiger partial charge is 0.328 e. The number of rotatable bonds is 2. The number of carbonyl (C=O) groups is 1. The number of halogens is 4.